The number of anilines is 1. The van der Waals surface area contributed by atoms with E-state index in [-0.39, 0.29) is 11.5 Å². The summed E-state index contributed by atoms with van der Waals surface area (Å²) in [5, 5.41) is 0.372. The predicted molar refractivity (Wildman–Crippen MR) is 104 cm³/mol. The number of nitrogens with one attached hydrogen (secondary N) is 1. The number of hydrogen-bond acceptors (Lipinski definition) is 5. The average molecular weight is 394 g/mol. The highest BCUT2D eigenvalue weighted by molar-refractivity contribution is 7.93. The summed E-state index contributed by atoms with van der Waals surface area (Å²) in [5.74, 6) is -0.453. The summed E-state index contributed by atoms with van der Waals surface area (Å²) >= 11 is 1.36. The van der Waals surface area contributed by atoms with Crippen LogP contribution in [0.2, 0.25) is 0 Å². The van der Waals surface area contributed by atoms with Crippen molar-refractivity contribution < 1.29 is 17.9 Å². The first kappa shape index (κ1) is 18.9. The Hall–Kier alpha value is -1.86. The van der Waals surface area contributed by atoms with Crippen LogP contribution in [-0.2, 0) is 27.6 Å². The SMILES string of the molecule is CCOC(=O)c1c(NS(=O)(=O)c2cc(C)ccc2C)sc2c1CCCC2. The molecule has 0 saturated heterocycles. The fraction of sp³-hybridized carbons (Fsp3) is 0.421. The van der Waals surface area contributed by atoms with Crippen LogP contribution >= 0.6 is 11.3 Å². The van der Waals surface area contributed by atoms with Crippen molar-refractivity contribution in [2.24, 2.45) is 0 Å². The second-order valence-electron chi connectivity index (χ2n) is 6.51. The number of carbonyl (C=O) groups is 1. The molecule has 0 bridgehead atoms. The number of rotatable bonds is 5. The highest BCUT2D eigenvalue weighted by Gasteiger charge is 2.29. The van der Waals surface area contributed by atoms with E-state index in [1.165, 1.54) is 11.3 Å². The molecule has 0 aliphatic heterocycles. The molecule has 1 N–H and O–H groups in total. The van der Waals surface area contributed by atoms with Gasteiger partial charge in [0.05, 0.1) is 17.1 Å². The lowest BCUT2D eigenvalue weighted by Gasteiger charge is -2.13. The van der Waals surface area contributed by atoms with E-state index >= 15 is 0 Å². The zero-order chi connectivity index (χ0) is 18.9. The fourth-order valence-electron chi connectivity index (χ4n) is 3.23. The molecule has 0 atom stereocenters. The van der Waals surface area contributed by atoms with Crippen molar-refractivity contribution in [3.63, 3.8) is 0 Å². The smallest absolute Gasteiger partial charge is 0.341 e. The molecule has 5 nitrogen and oxygen atoms in total. The molecule has 2 aromatic rings. The molecule has 1 aliphatic rings. The Morgan fingerprint density at radius 2 is 1.96 bits per heavy atom. The summed E-state index contributed by atoms with van der Waals surface area (Å²) in [6, 6.07) is 5.31. The maximum absolute atomic E-state index is 13.0. The Bertz CT molecular complexity index is 945. The first-order valence-corrected chi connectivity index (χ1v) is 11.0. The van der Waals surface area contributed by atoms with Crippen LogP contribution in [0, 0.1) is 13.8 Å². The van der Waals surface area contributed by atoms with Gasteiger partial charge in [0.1, 0.15) is 5.00 Å². The molecule has 1 aromatic heterocycles. The minimum Gasteiger partial charge on any atom is -0.462 e. The van der Waals surface area contributed by atoms with Gasteiger partial charge in [-0.25, -0.2) is 13.2 Å². The normalized spacial score (nSPS) is 14.0. The Morgan fingerprint density at radius 1 is 1.23 bits per heavy atom. The van der Waals surface area contributed by atoms with E-state index in [4.69, 9.17) is 4.74 Å². The van der Waals surface area contributed by atoms with Gasteiger partial charge in [-0.2, -0.15) is 0 Å². The second-order valence-corrected chi connectivity index (χ2v) is 9.27. The lowest BCUT2D eigenvalue weighted by molar-refractivity contribution is 0.0526. The van der Waals surface area contributed by atoms with Gasteiger partial charge in [0.25, 0.3) is 10.0 Å². The average Bonchev–Trinajstić information content (AvgIpc) is 2.94. The van der Waals surface area contributed by atoms with Gasteiger partial charge in [-0.05, 0) is 69.2 Å². The van der Waals surface area contributed by atoms with Crippen molar-refractivity contribution in [2.45, 2.75) is 51.3 Å². The van der Waals surface area contributed by atoms with Gasteiger partial charge in [0, 0.05) is 4.88 Å². The molecule has 1 aromatic carbocycles. The molecule has 1 heterocycles. The largest absolute Gasteiger partial charge is 0.462 e. The van der Waals surface area contributed by atoms with E-state index < -0.39 is 16.0 Å². The third-order valence-corrected chi connectivity index (χ3v) is 7.34. The van der Waals surface area contributed by atoms with Crippen molar-refractivity contribution in [3.8, 4) is 0 Å². The van der Waals surface area contributed by atoms with Crippen molar-refractivity contribution in [1.29, 1.82) is 0 Å². The lowest BCUT2D eigenvalue weighted by Crippen LogP contribution is -2.17. The van der Waals surface area contributed by atoms with Gasteiger partial charge in [0.2, 0.25) is 0 Å². The number of aryl methyl sites for hydroxylation is 3. The topological polar surface area (TPSA) is 72.5 Å². The molecule has 3 rings (SSSR count). The summed E-state index contributed by atoms with van der Waals surface area (Å²) in [6.07, 6.45) is 3.71. The molecule has 0 fully saturated rings. The number of benzene rings is 1. The quantitative estimate of drug-likeness (QED) is 0.772. The molecule has 0 unspecified atom stereocenters. The second kappa shape index (κ2) is 7.40. The van der Waals surface area contributed by atoms with E-state index in [9.17, 15) is 13.2 Å². The Morgan fingerprint density at radius 3 is 2.69 bits per heavy atom. The minimum atomic E-state index is -3.78. The molecule has 140 valence electrons. The number of sulfonamides is 1. The van der Waals surface area contributed by atoms with Crippen LogP contribution in [0.3, 0.4) is 0 Å². The summed E-state index contributed by atoms with van der Waals surface area (Å²) in [5.41, 5.74) is 2.87. The van der Waals surface area contributed by atoms with Crippen molar-refractivity contribution in [1.82, 2.24) is 0 Å². The van der Waals surface area contributed by atoms with Gasteiger partial charge in [0.15, 0.2) is 0 Å². The van der Waals surface area contributed by atoms with Crippen molar-refractivity contribution in [2.75, 3.05) is 11.3 Å². The van der Waals surface area contributed by atoms with Crippen LogP contribution in [0.5, 0.6) is 0 Å². The van der Waals surface area contributed by atoms with Crippen LogP contribution in [0.1, 0.15) is 51.7 Å². The van der Waals surface area contributed by atoms with E-state index in [1.807, 2.05) is 13.0 Å². The fourth-order valence-corrected chi connectivity index (χ4v) is 6.14. The van der Waals surface area contributed by atoms with Crippen molar-refractivity contribution >= 4 is 32.3 Å². The number of carbonyl (C=O) groups excluding carboxylic acids is 1. The summed E-state index contributed by atoms with van der Waals surface area (Å²) in [4.78, 5) is 13.8. The molecular weight excluding hydrogens is 370 g/mol. The molecule has 26 heavy (non-hydrogen) atoms. The first-order chi connectivity index (χ1) is 12.3. The molecule has 0 radical (unpaired) electrons. The molecule has 7 heteroatoms. The molecular formula is C19H23NO4S2. The maximum atomic E-state index is 13.0. The highest BCUT2D eigenvalue weighted by atomic mass is 32.2. The first-order valence-electron chi connectivity index (χ1n) is 8.75. The van der Waals surface area contributed by atoms with E-state index in [0.717, 1.165) is 41.7 Å². The molecule has 0 spiro atoms. The Balaban J connectivity index is 2.05. The van der Waals surface area contributed by atoms with Gasteiger partial charge < -0.3 is 4.74 Å². The van der Waals surface area contributed by atoms with Gasteiger partial charge >= 0.3 is 5.97 Å². The third-order valence-electron chi connectivity index (χ3n) is 4.51. The van der Waals surface area contributed by atoms with E-state index in [2.05, 4.69) is 4.72 Å². The van der Waals surface area contributed by atoms with Crippen LogP contribution in [-0.4, -0.2) is 21.0 Å². The number of thiophene rings is 1. The van der Waals surface area contributed by atoms with E-state index in [0.29, 0.717) is 16.1 Å². The Kier molecular flexibility index (Phi) is 5.39. The van der Waals surface area contributed by atoms with Crippen LogP contribution in [0.4, 0.5) is 5.00 Å². The zero-order valence-corrected chi connectivity index (χ0v) is 16.9. The number of ether oxygens (including phenoxy) is 1. The molecule has 0 amide bonds. The van der Waals surface area contributed by atoms with Crippen LogP contribution < -0.4 is 4.72 Å². The number of esters is 1. The highest BCUT2D eigenvalue weighted by Crippen LogP contribution is 2.39. The van der Waals surface area contributed by atoms with Crippen LogP contribution in [0.15, 0.2) is 23.1 Å². The summed E-state index contributed by atoms with van der Waals surface area (Å²) < 4.78 is 33.8. The lowest BCUT2D eigenvalue weighted by atomic mass is 9.95. The number of hydrogen-bond donors (Lipinski definition) is 1. The standard InChI is InChI=1S/C19H23NO4S2/c1-4-24-19(21)17-14-7-5-6-8-15(14)25-18(17)20-26(22,23)16-11-12(2)9-10-13(16)3/h9-11,20H,4-8H2,1-3H3. The van der Waals surface area contributed by atoms with Crippen LogP contribution in [0.25, 0.3) is 0 Å². The third kappa shape index (κ3) is 3.64. The zero-order valence-electron chi connectivity index (χ0n) is 15.2. The summed E-state index contributed by atoms with van der Waals surface area (Å²) in [7, 11) is -3.78. The monoisotopic (exact) mass is 393 g/mol. The van der Waals surface area contributed by atoms with Gasteiger partial charge in [-0.15, -0.1) is 11.3 Å². The predicted octanol–water partition coefficient (Wildman–Crippen LogP) is 4.22. The van der Waals surface area contributed by atoms with E-state index in [1.54, 1.807) is 26.0 Å². The molecule has 0 saturated carbocycles. The Labute approximate surface area is 158 Å². The maximum Gasteiger partial charge on any atom is 0.341 e. The summed E-state index contributed by atoms with van der Waals surface area (Å²) in [6.45, 7) is 5.62. The molecule has 1 aliphatic carbocycles. The van der Waals surface area contributed by atoms with Gasteiger partial charge in [-0.1, -0.05) is 12.1 Å². The number of fused-ring (bicyclic) bond motifs is 1. The van der Waals surface area contributed by atoms with Crippen molar-refractivity contribution in [3.05, 3.63) is 45.3 Å². The van der Waals surface area contributed by atoms with Gasteiger partial charge in [-0.3, -0.25) is 4.72 Å². The minimum absolute atomic E-state index is 0.235.